The molecule has 2 aromatic carbocycles. The zero-order valence-corrected chi connectivity index (χ0v) is 19.3. The van der Waals surface area contributed by atoms with Gasteiger partial charge in [-0.25, -0.2) is 14.6 Å². The van der Waals surface area contributed by atoms with Gasteiger partial charge in [0, 0.05) is 24.5 Å². The van der Waals surface area contributed by atoms with Gasteiger partial charge < -0.3 is 25.6 Å². The van der Waals surface area contributed by atoms with Crippen LogP contribution >= 0.6 is 11.3 Å². The molecule has 9 nitrogen and oxygen atoms in total. The standard InChI is InChI=1S/C22H21N3O4S.C2H4O2/c26-19(27)14-29-22(11-4-12-22)20-23-13-18(30-20)15-7-9-17(10-8-15)25-21(28)24-16-5-2-1-3-6-16;1-2(3)4/h1-3,5-10,13H,4,11-12,14H2,(H,26,27)(H2,24,25,28);1H3,(H,3,4). The number of carbonyl (C=O) groups is 3. The van der Waals surface area contributed by atoms with Crippen molar-refractivity contribution in [3.63, 3.8) is 0 Å². The van der Waals surface area contributed by atoms with E-state index in [-0.39, 0.29) is 12.6 Å². The van der Waals surface area contributed by atoms with Crippen LogP contribution in [0.3, 0.4) is 0 Å². The first-order chi connectivity index (χ1) is 16.3. The number of carboxylic acids is 2. The first-order valence-electron chi connectivity index (χ1n) is 10.5. The lowest BCUT2D eigenvalue weighted by Gasteiger charge is -2.39. The number of benzene rings is 2. The van der Waals surface area contributed by atoms with E-state index in [2.05, 4.69) is 15.6 Å². The van der Waals surface area contributed by atoms with E-state index in [1.807, 2.05) is 54.6 Å². The van der Waals surface area contributed by atoms with Gasteiger partial charge in [0.25, 0.3) is 5.97 Å². The number of carboxylic acid groups (broad SMARTS) is 2. The van der Waals surface area contributed by atoms with E-state index in [1.165, 1.54) is 11.3 Å². The van der Waals surface area contributed by atoms with Crippen molar-refractivity contribution in [2.75, 3.05) is 17.2 Å². The minimum Gasteiger partial charge on any atom is -0.481 e. The Morgan fingerprint density at radius 1 is 1.00 bits per heavy atom. The second-order valence-corrected chi connectivity index (χ2v) is 8.63. The number of carbonyl (C=O) groups excluding carboxylic acids is 1. The summed E-state index contributed by atoms with van der Waals surface area (Å²) in [5.41, 5.74) is 1.80. The Hall–Kier alpha value is -3.76. The monoisotopic (exact) mass is 483 g/mol. The minimum absolute atomic E-state index is 0.309. The van der Waals surface area contributed by atoms with Gasteiger partial charge in [-0.1, -0.05) is 30.3 Å². The Balaban J connectivity index is 0.000000751. The summed E-state index contributed by atoms with van der Waals surface area (Å²) in [6, 6.07) is 16.4. The van der Waals surface area contributed by atoms with Crippen LogP contribution in [0.25, 0.3) is 10.4 Å². The smallest absolute Gasteiger partial charge is 0.329 e. The third kappa shape index (κ3) is 6.87. The lowest BCUT2D eigenvalue weighted by atomic mass is 9.80. The molecule has 1 fully saturated rings. The van der Waals surface area contributed by atoms with Gasteiger partial charge in [0.05, 0.1) is 4.88 Å². The lowest BCUT2D eigenvalue weighted by Crippen LogP contribution is -2.38. The Labute approximate surface area is 200 Å². The zero-order valence-electron chi connectivity index (χ0n) is 18.5. The number of hydrogen-bond acceptors (Lipinski definition) is 6. The van der Waals surface area contributed by atoms with E-state index < -0.39 is 17.5 Å². The molecule has 1 aromatic heterocycles. The zero-order chi connectivity index (χ0) is 24.6. The van der Waals surface area contributed by atoms with E-state index in [0.717, 1.165) is 47.3 Å². The molecule has 0 aliphatic heterocycles. The molecule has 1 saturated carbocycles. The van der Waals surface area contributed by atoms with Gasteiger partial charge in [-0.2, -0.15) is 0 Å². The van der Waals surface area contributed by atoms with Crippen molar-refractivity contribution in [3.8, 4) is 10.4 Å². The first kappa shape index (κ1) is 24.9. The van der Waals surface area contributed by atoms with Crippen molar-refractivity contribution >= 4 is 40.7 Å². The number of amides is 2. The quantitative estimate of drug-likeness (QED) is 0.370. The summed E-state index contributed by atoms with van der Waals surface area (Å²) in [7, 11) is 0. The Morgan fingerprint density at radius 2 is 1.59 bits per heavy atom. The molecule has 0 bridgehead atoms. The highest BCUT2D eigenvalue weighted by Crippen LogP contribution is 2.47. The van der Waals surface area contributed by atoms with Crippen LogP contribution in [0.15, 0.2) is 60.8 Å². The molecule has 0 spiro atoms. The minimum atomic E-state index is -0.975. The molecule has 0 radical (unpaired) electrons. The number of aliphatic carboxylic acids is 2. The number of thiazole rings is 1. The molecule has 1 heterocycles. The molecule has 4 N–H and O–H groups in total. The van der Waals surface area contributed by atoms with Gasteiger partial charge in [-0.3, -0.25) is 4.79 Å². The van der Waals surface area contributed by atoms with Gasteiger partial charge in [-0.05, 0) is 49.1 Å². The fourth-order valence-electron chi connectivity index (χ4n) is 3.27. The van der Waals surface area contributed by atoms with Crippen molar-refractivity contribution in [2.45, 2.75) is 31.8 Å². The van der Waals surface area contributed by atoms with Gasteiger partial charge in [0.1, 0.15) is 17.2 Å². The molecule has 178 valence electrons. The van der Waals surface area contributed by atoms with Crippen LogP contribution in [0, 0.1) is 0 Å². The fraction of sp³-hybridized carbons (Fsp3) is 0.250. The summed E-state index contributed by atoms with van der Waals surface area (Å²) in [5.74, 6) is -1.81. The molecule has 3 aromatic rings. The van der Waals surface area contributed by atoms with Crippen molar-refractivity contribution < 1.29 is 29.3 Å². The third-order valence-corrected chi connectivity index (χ3v) is 6.22. The van der Waals surface area contributed by atoms with E-state index in [9.17, 15) is 9.59 Å². The van der Waals surface area contributed by atoms with Crippen LogP contribution in [0.1, 0.15) is 31.2 Å². The van der Waals surface area contributed by atoms with Crippen LogP contribution in [-0.2, 0) is 19.9 Å². The lowest BCUT2D eigenvalue weighted by molar-refractivity contribution is -0.159. The third-order valence-electron chi connectivity index (χ3n) is 4.99. The summed E-state index contributed by atoms with van der Waals surface area (Å²) >= 11 is 1.51. The molecule has 10 heteroatoms. The van der Waals surface area contributed by atoms with Crippen molar-refractivity contribution in [1.82, 2.24) is 4.98 Å². The topological polar surface area (TPSA) is 138 Å². The van der Waals surface area contributed by atoms with E-state index in [1.54, 1.807) is 6.20 Å². The number of nitrogens with one attached hydrogen (secondary N) is 2. The molecule has 1 aliphatic carbocycles. The highest BCUT2D eigenvalue weighted by atomic mass is 32.1. The van der Waals surface area contributed by atoms with Gasteiger partial charge in [0.2, 0.25) is 0 Å². The van der Waals surface area contributed by atoms with Crippen LogP contribution in [-0.4, -0.2) is 39.8 Å². The van der Waals surface area contributed by atoms with Crippen molar-refractivity contribution in [1.29, 1.82) is 0 Å². The van der Waals surface area contributed by atoms with Crippen molar-refractivity contribution in [3.05, 3.63) is 65.8 Å². The van der Waals surface area contributed by atoms with Gasteiger partial charge in [0.15, 0.2) is 0 Å². The second-order valence-electron chi connectivity index (χ2n) is 7.60. The van der Waals surface area contributed by atoms with Gasteiger partial charge >= 0.3 is 12.0 Å². The van der Waals surface area contributed by atoms with E-state index in [4.69, 9.17) is 19.7 Å². The normalized spacial score (nSPS) is 13.6. The maximum atomic E-state index is 12.1. The molecule has 1 aliphatic rings. The van der Waals surface area contributed by atoms with Crippen molar-refractivity contribution in [2.24, 2.45) is 0 Å². The maximum Gasteiger partial charge on any atom is 0.329 e. The molecule has 4 rings (SSSR count). The highest BCUT2D eigenvalue weighted by Gasteiger charge is 2.43. The second kappa shape index (κ2) is 11.4. The summed E-state index contributed by atoms with van der Waals surface area (Å²) in [6.45, 7) is 0.764. The van der Waals surface area contributed by atoms with E-state index in [0.29, 0.717) is 5.69 Å². The average Bonchev–Trinajstić information content (AvgIpc) is 3.24. The summed E-state index contributed by atoms with van der Waals surface area (Å²) < 4.78 is 5.67. The number of hydrogen-bond donors (Lipinski definition) is 4. The SMILES string of the molecule is CC(=O)O.O=C(O)COC1(c2ncc(-c3ccc(NC(=O)Nc4ccccc4)cc3)s2)CCC1. The Morgan fingerprint density at radius 3 is 2.12 bits per heavy atom. The first-order valence-corrected chi connectivity index (χ1v) is 11.3. The van der Waals surface area contributed by atoms with Crippen LogP contribution in [0.2, 0.25) is 0 Å². The molecule has 0 atom stereocenters. The predicted molar refractivity (Wildman–Crippen MR) is 129 cm³/mol. The molecule has 34 heavy (non-hydrogen) atoms. The largest absolute Gasteiger partial charge is 0.481 e. The Bertz CT molecular complexity index is 1120. The molecule has 0 saturated heterocycles. The molecule has 2 amide bonds. The number of urea groups is 1. The molecular formula is C24H25N3O6S. The maximum absolute atomic E-state index is 12.1. The van der Waals surface area contributed by atoms with Crippen LogP contribution in [0.5, 0.6) is 0 Å². The highest BCUT2D eigenvalue weighted by molar-refractivity contribution is 7.15. The summed E-state index contributed by atoms with van der Waals surface area (Å²) in [4.78, 5) is 37.5. The van der Waals surface area contributed by atoms with Crippen LogP contribution < -0.4 is 10.6 Å². The van der Waals surface area contributed by atoms with Crippen LogP contribution in [0.4, 0.5) is 16.2 Å². The number of aromatic nitrogens is 1. The average molecular weight is 484 g/mol. The molecule has 0 unspecified atom stereocenters. The molecular weight excluding hydrogens is 458 g/mol. The predicted octanol–water partition coefficient (Wildman–Crippen LogP) is 5.03. The Kier molecular flexibility index (Phi) is 8.34. The fourth-order valence-corrected chi connectivity index (χ4v) is 4.39. The number of nitrogens with zero attached hydrogens (tertiary/aromatic N) is 1. The number of rotatable bonds is 7. The summed E-state index contributed by atoms with van der Waals surface area (Å²) in [5, 5.41) is 22.7. The number of ether oxygens (including phenoxy) is 1. The number of anilines is 2. The van der Waals surface area contributed by atoms with E-state index >= 15 is 0 Å². The number of para-hydroxylation sites is 1. The van der Waals surface area contributed by atoms with Gasteiger partial charge in [-0.15, -0.1) is 11.3 Å². The summed E-state index contributed by atoms with van der Waals surface area (Å²) in [6.07, 6.45) is 4.36.